The molecule has 3 heterocycles. The fourth-order valence-corrected chi connectivity index (χ4v) is 3.08. The maximum Gasteiger partial charge on any atom is 0.300 e. The molecule has 1 aliphatic heterocycles. The topological polar surface area (TPSA) is 65.7 Å². The average Bonchev–Trinajstić information content (AvgIpc) is 3.12. The predicted molar refractivity (Wildman–Crippen MR) is 101 cm³/mol. The molecule has 0 spiro atoms. The summed E-state index contributed by atoms with van der Waals surface area (Å²) in [5.41, 5.74) is 3.09. The predicted octanol–water partition coefficient (Wildman–Crippen LogP) is 2.25. The lowest BCUT2D eigenvalue weighted by Gasteiger charge is -2.33. The van der Waals surface area contributed by atoms with E-state index in [-0.39, 0.29) is 5.91 Å². The number of oxazole rings is 1. The molecule has 0 atom stereocenters. The quantitative estimate of drug-likeness (QED) is 0.721. The fraction of sp³-hybridized carbons (Fsp3) is 0.316. The maximum absolute atomic E-state index is 12.7. The molecular weight excluding hydrogens is 330 g/mol. The van der Waals surface area contributed by atoms with Crippen LogP contribution in [0.25, 0.3) is 11.2 Å². The zero-order valence-electron chi connectivity index (χ0n) is 14.9. The fourth-order valence-electron chi connectivity index (χ4n) is 3.08. The number of nitrogens with zero attached hydrogens (tertiary/aromatic N) is 5. The summed E-state index contributed by atoms with van der Waals surface area (Å²) in [4.78, 5) is 27.3. The van der Waals surface area contributed by atoms with E-state index in [9.17, 15) is 4.79 Å². The van der Waals surface area contributed by atoms with Gasteiger partial charge in [0.1, 0.15) is 0 Å². The highest BCUT2D eigenvalue weighted by Crippen LogP contribution is 2.22. The maximum atomic E-state index is 12.7. The normalized spacial score (nSPS) is 14.7. The van der Waals surface area contributed by atoms with E-state index in [1.807, 2.05) is 60.3 Å². The number of carbonyl (C=O) groups is 1. The zero-order chi connectivity index (χ0) is 18.1. The van der Waals surface area contributed by atoms with E-state index in [4.69, 9.17) is 4.42 Å². The van der Waals surface area contributed by atoms with Crippen LogP contribution in [0, 0.1) is 0 Å². The second-order valence-electron chi connectivity index (χ2n) is 6.54. The molecule has 7 nitrogen and oxygen atoms in total. The Morgan fingerprint density at radius 1 is 1.08 bits per heavy atom. The summed E-state index contributed by atoms with van der Waals surface area (Å²) in [6.45, 7) is 2.66. The molecule has 1 fully saturated rings. The van der Waals surface area contributed by atoms with E-state index < -0.39 is 0 Å². The molecule has 1 amide bonds. The number of benzene rings is 1. The van der Waals surface area contributed by atoms with Crippen LogP contribution in [-0.4, -0.2) is 61.0 Å². The number of amides is 1. The van der Waals surface area contributed by atoms with Gasteiger partial charge in [-0.3, -0.25) is 4.79 Å². The second-order valence-corrected chi connectivity index (χ2v) is 6.54. The van der Waals surface area contributed by atoms with Crippen LogP contribution < -0.4 is 9.80 Å². The Kier molecular flexibility index (Phi) is 4.20. The molecule has 0 aliphatic carbocycles. The molecular formula is C19H21N5O2. The molecule has 1 aromatic carbocycles. The van der Waals surface area contributed by atoms with Crippen LogP contribution in [-0.2, 0) is 0 Å². The molecule has 0 unspecified atom stereocenters. The van der Waals surface area contributed by atoms with Gasteiger partial charge in [0.05, 0.1) is 0 Å². The van der Waals surface area contributed by atoms with Crippen molar-refractivity contribution in [3.8, 4) is 0 Å². The molecule has 26 heavy (non-hydrogen) atoms. The van der Waals surface area contributed by atoms with Crippen LogP contribution in [0.5, 0.6) is 0 Å². The van der Waals surface area contributed by atoms with Gasteiger partial charge in [0.2, 0.25) is 5.65 Å². The van der Waals surface area contributed by atoms with Gasteiger partial charge in [0, 0.05) is 57.7 Å². The molecule has 0 radical (unpaired) electrons. The summed E-state index contributed by atoms with van der Waals surface area (Å²) in [5.74, 6) is 0.0641. The molecule has 3 aromatic rings. The van der Waals surface area contributed by atoms with Gasteiger partial charge in [-0.2, -0.15) is 4.98 Å². The van der Waals surface area contributed by atoms with E-state index in [2.05, 4.69) is 14.9 Å². The summed E-state index contributed by atoms with van der Waals surface area (Å²) in [6.07, 6.45) is 1.70. The average molecular weight is 351 g/mol. The minimum atomic E-state index is 0.0641. The van der Waals surface area contributed by atoms with E-state index >= 15 is 0 Å². The Labute approximate surface area is 151 Å². The van der Waals surface area contributed by atoms with Gasteiger partial charge in [-0.1, -0.05) is 0 Å². The summed E-state index contributed by atoms with van der Waals surface area (Å²) >= 11 is 0. The standard InChI is InChI=1S/C19H21N5O2/c1-22(2)15-7-5-14(6-8-15)18(25)23-10-12-24(13-11-23)19-21-17-16(26-19)4-3-9-20-17/h3-9H,10-13H2,1-2H3. The van der Waals surface area contributed by atoms with Crippen molar-refractivity contribution in [1.29, 1.82) is 0 Å². The lowest BCUT2D eigenvalue weighted by molar-refractivity contribution is 0.0745. The third-order valence-corrected chi connectivity index (χ3v) is 4.62. The monoisotopic (exact) mass is 351 g/mol. The minimum absolute atomic E-state index is 0.0641. The summed E-state index contributed by atoms with van der Waals surface area (Å²) in [6, 6.07) is 12.0. The van der Waals surface area contributed by atoms with Crippen LogP contribution >= 0.6 is 0 Å². The van der Waals surface area contributed by atoms with Crippen LogP contribution in [0.3, 0.4) is 0 Å². The van der Waals surface area contributed by atoms with Crippen molar-refractivity contribution in [1.82, 2.24) is 14.9 Å². The molecule has 1 aliphatic rings. The molecule has 0 N–H and O–H groups in total. The van der Waals surface area contributed by atoms with Crippen molar-refractivity contribution in [3.63, 3.8) is 0 Å². The number of anilines is 2. The summed E-state index contributed by atoms with van der Waals surface area (Å²) < 4.78 is 5.77. The molecule has 0 saturated carbocycles. The summed E-state index contributed by atoms with van der Waals surface area (Å²) in [7, 11) is 3.97. The van der Waals surface area contributed by atoms with Crippen LogP contribution in [0.2, 0.25) is 0 Å². The molecule has 7 heteroatoms. The second kappa shape index (κ2) is 6.67. The zero-order valence-corrected chi connectivity index (χ0v) is 14.9. The van der Waals surface area contributed by atoms with Gasteiger partial charge < -0.3 is 19.1 Å². The first-order valence-corrected chi connectivity index (χ1v) is 8.65. The van der Waals surface area contributed by atoms with Gasteiger partial charge in [-0.25, -0.2) is 4.98 Å². The van der Waals surface area contributed by atoms with Crippen molar-refractivity contribution in [2.24, 2.45) is 0 Å². The number of hydrogen-bond donors (Lipinski definition) is 0. The lowest BCUT2D eigenvalue weighted by Crippen LogP contribution is -2.48. The third kappa shape index (κ3) is 3.08. The van der Waals surface area contributed by atoms with Gasteiger partial charge in [-0.15, -0.1) is 0 Å². The Hall–Kier alpha value is -3.09. The highest BCUT2D eigenvalue weighted by Gasteiger charge is 2.25. The largest absolute Gasteiger partial charge is 0.422 e. The van der Waals surface area contributed by atoms with Crippen molar-refractivity contribution >= 4 is 28.8 Å². The van der Waals surface area contributed by atoms with E-state index in [1.165, 1.54) is 0 Å². The first-order chi connectivity index (χ1) is 12.6. The first kappa shape index (κ1) is 16.4. The smallest absolute Gasteiger partial charge is 0.300 e. The minimum Gasteiger partial charge on any atom is -0.422 e. The van der Waals surface area contributed by atoms with Crippen molar-refractivity contribution < 1.29 is 9.21 Å². The highest BCUT2D eigenvalue weighted by atomic mass is 16.4. The number of fused-ring (bicyclic) bond motifs is 1. The summed E-state index contributed by atoms with van der Waals surface area (Å²) in [5, 5.41) is 0. The SMILES string of the molecule is CN(C)c1ccc(C(=O)N2CCN(c3nc4ncccc4o3)CC2)cc1. The Morgan fingerprint density at radius 3 is 2.46 bits per heavy atom. The van der Waals surface area contributed by atoms with E-state index in [0.29, 0.717) is 43.4 Å². The number of rotatable bonds is 3. The third-order valence-electron chi connectivity index (χ3n) is 4.62. The number of carbonyl (C=O) groups excluding carboxylic acids is 1. The molecule has 4 rings (SSSR count). The Balaban J connectivity index is 1.41. The van der Waals surface area contributed by atoms with Crippen molar-refractivity contribution in [2.45, 2.75) is 0 Å². The van der Waals surface area contributed by atoms with E-state index in [1.54, 1.807) is 6.20 Å². The highest BCUT2D eigenvalue weighted by molar-refractivity contribution is 5.94. The molecule has 1 saturated heterocycles. The Bertz CT molecular complexity index is 878. The van der Waals surface area contributed by atoms with Gasteiger partial charge in [0.25, 0.3) is 11.9 Å². The van der Waals surface area contributed by atoms with Gasteiger partial charge in [-0.05, 0) is 36.4 Å². The molecule has 0 bridgehead atoms. The van der Waals surface area contributed by atoms with Crippen LogP contribution in [0.4, 0.5) is 11.7 Å². The van der Waals surface area contributed by atoms with Crippen molar-refractivity contribution in [2.75, 3.05) is 50.1 Å². The van der Waals surface area contributed by atoms with Gasteiger partial charge >= 0.3 is 0 Å². The number of piperazine rings is 1. The number of pyridine rings is 1. The van der Waals surface area contributed by atoms with Crippen molar-refractivity contribution in [3.05, 3.63) is 48.2 Å². The molecule has 2 aromatic heterocycles. The van der Waals surface area contributed by atoms with E-state index in [0.717, 1.165) is 11.3 Å². The van der Waals surface area contributed by atoms with Crippen LogP contribution in [0.1, 0.15) is 10.4 Å². The Morgan fingerprint density at radius 2 is 1.81 bits per heavy atom. The molecule has 134 valence electrons. The number of aromatic nitrogens is 2. The van der Waals surface area contributed by atoms with Gasteiger partial charge in [0.15, 0.2) is 5.58 Å². The number of hydrogen-bond acceptors (Lipinski definition) is 6. The first-order valence-electron chi connectivity index (χ1n) is 8.65. The lowest BCUT2D eigenvalue weighted by atomic mass is 10.1. The van der Waals surface area contributed by atoms with Crippen LogP contribution in [0.15, 0.2) is 47.0 Å².